The fraction of sp³-hybridized carbons (Fsp3) is 0.611. The number of anilines is 1. The summed E-state index contributed by atoms with van der Waals surface area (Å²) in [7, 11) is 0. The van der Waals surface area contributed by atoms with Gasteiger partial charge in [0.2, 0.25) is 5.91 Å². The van der Waals surface area contributed by atoms with Gasteiger partial charge in [-0.25, -0.2) is 9.97 Å². The summed E-state index contributed by atoms with van der Waals surface area (Å²) in [5, 5.41) is 1.19. The van der Waals surface area contributed by atoms with Crippen molar-refractivity contribution < 1.29 is 9.53 Å². The summed E-state index contributed by atoms with van der Waals surface area (Å²) in [6.45, 7) is 11.1. The predicted molar refractivity (Wildman–Crippen MR) is 103 cm³/mol. The fourth-order valence-corrected chi connectivity index (χ4v) is 4.62. The molecule has 0 N–H and O–H groups in total. The second-order valence-electron chi connectivity index (χ2n) is 6.92. The number of thiophene rings is 1. The van der Waals surface area contributed by atoms with Gasteiger partial charge in [-0.1, -0.05) is 0 Å². The van der Waals surface area contributed by atoms with Crippen LogP contribution < -0.4 is 4.90 Å². The van der Waals surface area contributed by atoms with Gasteiger partial charge in [0.25, 0.3) is 0 Å². The summed E-state index contributed by atoms with van der Waals surface area (Å²) in [5.41, 5.74) is 1.28. The highest BCUT2D eigenvalue weighted by Gasteiger charge is 2.25. The molecule has 26 heavy (non-hydrogen) atoms. The minimum Gasteiger partial charge on any atom is -0.378 e. The van der Waals surface area contributed by atoms with Gasteiger partial charge >= 0.3 is 0 Å². The Morgan fingerprint density at radius 2 is 1.85 bits per heavy atom. The molecule has 7 nitrogen and oxygen atoms in total. The first-order valence-corrected chi connectivity index (χ1v) is 9.98. The number of piperazine rings is 1. The van der Waals surface area contributed by atoms with E-state index < -0.39 is 0 Å². The number of carbonyl (C=O) groups excluding carboxylic acids is 1. The van der Waals surface area contributed by atoms with Crippen molar-refractivity contribution in [1.82, 2.24) is 19.8 Å². The van der Waals surface area contributed by atoms with E-state index in [4.69, 9.17) is 4.74 Å². The Kier molecular flexibility index (Phi) is 5.06. The molecule has 2 aliphatic heterocycles. The van der Waals surface area contributed by atoms with Crippen molar-refractivity contribution >= 4 is 33.3 Å². The molecule has 0 radical (unpaired) electrons. The minimum absolute atomic E-state index is 0.218. The van der Waals surface area contributed by atoms with Crippen molar-refractivity contribution in [2.75, 3.05) is 63.9 Å². The van der Waals surface area contributed by atoms with E-state index in [0.717, 1.165) is 36.8 Å². The van der Waals surface area contributed by atoms with Gasteiger partial charge in [-0.3, -0.25) is 9.69 Å². The number of morpholine rings is 1. The van der Waals surface area contributed by atoms with Crippen LogP contribution in [-0.2, 0) is 9.53 Å². The van der Waals surface area contributed by atoms with Gasteiger partial charge in [0, 0.05) is 44.1 Å². The van der Waals surface area contributed by atoms with Crippen LogP contribution in [0, 0.1) is 13.8 Å². The molecule has 0 aromatic carbocycles. The molecule has 2 saturated heterocycles. The number of ether oxygens (including phenoxy) is 1. The molecule has 140 valence electrons. The van der Waals surface area contributed by atoms with Crippen LogP contribution >= 0.6 is 11.3 Å². The Hall–Kier alpha value is -1.77. The van der Waals surface area contributed by atoms with Crippen LogP contribution in [0.4, 0.5) is 5.82 Å². The predicted octanol–water partition coefficient (Wildman–Crippen LogP) is 1.29. The van der Waals surface area contributed by atoms with Crippen LogP contribution in [0.5, 0.6) is 0 Å². The zero-order valence-corrected chi connectivity index (χ0v) is 16.2. The van der Waals surface area contributed by atoms with Crippen LogP contribution in [0.15, 0.2) is 6.33 Å². The Morgan fingerprint density at radius 1 is 1.12 bits per heavy atom. The lowest BCUT2D eigenvalue weighted by atomic mass is 10.2. The molecular weight excluding hydrogens is 350 g/mol. The molecule has 8 heteroatoms. The van der Waals surface area contributed by atoms with E-state index in [0.29, 0.717) is 32.8 Å². The molecule has 1 amide bonds. The first-order chi connectivity index (χ1) is 12.6. The van der Waals surface area contributed by atoms with E-state index >= 15 is 0 Å². The number of amides is 1. The molecule has 0 bridgehead atoms. The maximum absolute atomic E-state index is 12.4. The first-order valence-electron chi connectivity index (χ1n) is 9.17. The summed E-state index contributed by atoms with van der Waals surface area (Å²) >= 11 is 1.73. The standard InChI is InChI=1S/C18H25N5O2S/c1-13-14(2)26-18-16(13)17(19-12-20-18)23-5-3-21(4-6-23)11-15(24)22-7-9-25-10-8-22/h12H,3-11H2,1-2H3. The van der Waals surface area contributed by atoms with Crippen LogP contribution in [0.2, 0.25) is 0 Å². The molecule has 0 saturated carbocycles. The Balaban J connectivity index is 1.40. The molecule has 2 aliphatic rings. The van der Waals surface area contributed by atoms with Gasteiger partial charge in [0.1, 0.15) is 17.0 Å². The van der Waals surface area contributed by atoms with E-state index in [9.17, 15) is 4.79 Å². The number of aromatic nitrogens is 2. The molecule has 2 fully saturated rings. The summed E-state index contributed by atoms with van der Waals surface area (Å²) < 4.78 is 5.32. The zero-order chi connectivity index (χ0) is 18.1. The fourth-order valence-electron chi connectivity index (χ4n) is 3.63. The summed E-state index contributed by atoms with van der Waals surface area (Å²) in [5.74, 6) is 1.26. The van der Waals surface area contributed by atoms with E-state index in [2.05, 4.69) is 33.6 Å². The average molecular weight is 375 g/mol. The van der Waals surface area contributed by atoms with Gasteiger partial charge in [0.05, 0.1) is 25.1 Å². The molecule has 0 unspecified atom stereocenters. The number of aryl methyl sites for hydroxylation is 2. The average Bonchev–Trinajstić information content (AvgIpc) is 2.97. The van der Waals surface area contributed by atoms with Crippen LogP contribution in [0.1, 0.15) is 10.4 Å². The topological polar surface area (TPSA) is 61.8 Å². The van der Waals surface area contributed by atoms with Gasteiger partial charge in [-0.15, -0.1) is 11.3 Å². The van der Waals surface area contributed by atoms with Crippen molar-refractivity contribution in [3.8, 4) is 0 Å². The molecule has 0 aliphatic carbocycles. The third-order valence-electron chi connectivity index (χ3n) is 5.34. The van der Waals surface area contributed by atoms with Crippen LogP contribution in [0.3, 0.4) is 0 Å². The number of carbonyl (C=O) groups is 1. The third-order valence-corrected chi connectivity index (χ3v) is 6.46. The Labute approximate surface area is 157 Å². The highest BCUT2D eigenvalue weighted by atomic mass is 32.1. The van der Waals surface area contributed by atoms with E-state index in [1.165, 1.54) is 15.8 Å². The summed E-state index contributed by atoms with van der Waals surface area (Å²) in [6, 6.07) is 0. The van der Waals surface area contributed by atoms with Gasteiger partial charge in [-0.05, 0) is 19.4 Å². The lowest BCUT2D eigenvalue weighted by Crippen LogP contribution is -2.51. The Bertz CT molecular complexity index is 794. The highest BCUT2D eigenvalue weighted by Crippen LogP contribution is 2.34. The second kappa shape index (κ2) is 7.46. The molecule has 2 aromatic rings. The largest absolute Gasteiger partial charge is 0.378 e. The lowest BCUT2D eigenvalue weighted by Gasteiger charge is -2.36. The van der Waals surface area contributed by atoms with Crippen LogP contribution in [0.25, 0.3) is 10.2 Å². The number of hydrogen-bond acceptors (Lipinski definition) is 7. The van der Waals surface area contributed by atoms with Crippen molar-refractivity contribution in [3.63, 3.8) is 0 Å². The molecule has 2 aromatic heterocycles. The molecule has 4 heterocycles. The maximum Gasteiger partial charge on any atom is 0.236 e. The Morgan fingerprint density at radius 3 is 2.58 bits per heavy atom. The van der Waals surface area contributed by atoms with Crippen LogP contribution in [-0.4, -0.2) is 84.7 Å². The first kappa shape index (κ1) is 17.6. The molecular formula is C18H25N5O2S. The number of fused-ring (bicyclic) bond motifs is 1. The maximum atomic E-state index is 12.4. The molecule has 4 rings (SSSR count). The summed E-state index contributed by atoms with van der Waals surface area (Å²) in [4.78, 5) is 30.3. The van der Waals surface area contributed by atoms with E-state index in [1.54, 1.807) is 17.7 Å². The van der Waals surface area contributed by atoms with Crippen molar-refractivity contribution in [1.29, 1.82) is 0 Å². The van der Waals surface area contributed by atoms with E-state index in [1.807, 2.05) is 4.90 Å². The quantitative estimate of drug-likeness (QED) is 0.806. The highest BCUT2D eigenvalue weighted by molar-refractivity contribution is 7.18. The summed E-state index contributed by atoms with van der Waals surface area (Å²) in [6.07, 6.45) is 1.67. The van der Waals surface area contributed by atoms with E-state index in [-0.39, 0.29) is 5.91 Å². The minimum atomic E-state index is 0.218. The second-order valence-corrected chi connectivity index (χ2v) is 8.12. The number of nitrogens with zero attached hydrogens (tertiary/aromatic N) is 5. The third kappa shape index (κ3) is 3.41. The molecule has 0 atom stereocenters. The normalized spacial score (nSPS) is 19.3. The van der Waals surface area contributed by atoms with Crippen molar-refractivity contribution in [2.24, 2.45) is 0 Å². The monoisotopic (exact) mass is 375 g/mol. The van der Waals surface area contributed by atoms with Crippen molar-refractivity contribution in [2.45, 2.75) is 13.8 Å². The van der Waals surface area contributed by atoms with Gasteiger partial charge < -0.3 is 14.5 Å². The zero-order valence-electron chi connectivity index (χ0n) is 15.4. The van der Waals surface area contributed by atoms with Crippen molar-refractivity contribution in [3.05, 3.63) is 16.8 Å². The smallest absolute Gasteiger partial charge is 0.236 e. The lowest BCUT2D eigenvalue weighted by molar-refractivity contribution is -0.136. The molecule has 0 spiro atoms. The number of rotatable bonds is 3. The SMILES string of the molecule is Cc1sc2ncnc(N3CCN(CC(=O)N4CCOCC4)CC3)c2c1C. The van der Waals surface area contributed by atoms with Gasteiger partial charge in [-0.2, -0.15) is 0 Å². The van der Waals surface area contributed by atoms with Gasteiger partial charge in [0.15, 0.2) is 0 Å². The number of hydrogen-bond donors (Lipinski definition) is 0.